The quantitative estimate of drug-likeness (QED) is 0.774. The second-order valence-corrected chi connectivity index (χ2v) is 3.48. The van der Waals surface area contributed by atoms with E-state index in [2.05, 4.69) is 0 Å². The van der Waals surface area contributed by atoms with Gasteiger partial charge in [-0.3, -0.25) is 4.79 Å². The van der Waals surface area contributed by atoms with Crippen LogP contribution in [0, 0.1) is 0 Å². The van der Waals surface area contributed by atoms with Gasteiger partial charge < -0.3 is 14.4 Å². The second kappa shape index (κ2) is 3.84. The standard InChI is InChI=1S/C10H13NO3/c12-7-8-3-4-10(13)11(8)6-9-2-1-5-14-9/h1-2,5,8,12H,3-4,6-7H2. The lowest BCUT2D eigenvalue weighted by Crippen LogP contribution is -2.34. The zero-order chi connectivity index (χ0) is 9.97. The van der Waals surface area contributed by atoms with Crippen molar-refractivity contribution in [2.75, 3.05) is 6.61 Å². The number of nitrogens with zero attached hydrogens (tertiary/aromatic N) is 1. The van der Waals surface area contributed by atoms with Gasteiger partial charge in [0.2, 0.25) is 5.91 Å². The van der Waals surface area contributed by atoms with Gasteiger partial charge in [-0.15, -0.1) is 0 Å². The van der Waals surface area contributed by atoms with Gasteiger partial charge in [-0.2, -0.15) is 0 Å². The molecule has 1 unspecified atom stereocenters. The van der Waals surface area contributed by atoms with Gasteiger partial charge in [0.25, 0.3) is 0 Å². The van der Waals surface area contributed by atoms with Crippen LogP contribution in [-0.2, 0) is 11.3 Å². The molecule has 0 bridgehead atoms. The Morgan fingerprint density at radius 3 is 3.14 bits per heavy atom. The normalized spacial score (nSPS) is 21.9. The number of aliphatic hydroxyl groups is 1. The van der Waals surface area contributed by atoms with Gasteiger partial charge in [0, 0.05) is 6.42 Å². The van der Waals surface area contributed by atoms with Gasteiger partial charge in [-0.05, 0) is 18.6 Å². The number of carbonyl (C=O) groups is 1. The smallest absolute Gasteiger partial charge is 0.223 e. The van der Waals surface area contributed by atoms with Crippen LogP contribution >= 0.6 is 0 Å². The fourth-order valence-electron chi connectivity index (χ4n) is 1.77. The average Bonchev–Trinajstić information content (AvgIpc) is 2.79. The molecule has 1 aliphatic heterocycles. The van der Waals surface area contributed by atoms with Crippen molar-refractivity contribution in [3.05, 3.63) is 24.2 Å². The van der Waals surface area contributed by atoms with Gasteiger partial charge in [0.05, 0.1) is 25.5 Å². The Balaban J connectivity index is 2.05. The molecular formula is C10H13NO3. The summed E-state index contributed by atoms with van der Waals surface area (Å²) in [5.74, 6) is 0.860. The van der Waals surface area contributed by atoms with Crippen LogP contribution in [0.15, 0.2) is 22.8 Å². The van der Waals surface area contributed by atoms with E-state index in [-0.39, 0.29) is 18.6 Å². The minimum absolute atomic E-state index is 0.0342. The summed E-state index contributed by atoms with van der Waals surface area (Å²) in [4.78, 5) is 13.1. The summed E-state index contributed by atoms with van der Waals surface area (Å²) in [5.41, 5.74) is 0. The minimum Gasteiger partial charge on any atom is -0.467 e. The molecule has 1 aromatic heterocycles. The highest BCUT2D eigenvalue weighted by atomic mass is 16.3. The molecule has 1 saturated heterocycles. The third-order valence-corrected chi connectivity index (χ3v) is 2.57. The third-order valence-electron chi connectivity index (χ3n) is 2.57. The van der Waals surface area contributed by atoms with Crippen LogP contribution in [0.25, 0.3) is 0 Å². The predicted octanol–water partition coefficient (Wildman–Crippen LogP) is 0.763. The zero-order valence-electron chi connectivity index (χ0n) is 7.85. The van der Waals surface area contributed by atoms with Crippen molar-refractivity contribution in [3.8, 4) is 0 Å². The SMILES string of the molecule is O=C1CCC(CO)N1Cc1ccco1. The highest BCUT2D eigenvalue weighted by Gasteiger charge is 2.30. The van der Waals surface area contributed by atoms with Crippen LogP contribution in [0.4, 0.5) is 0 Å². The maximum atomic E-state index is 11.4. The molecule has 2 heterocycles. The Kier molecular flexibility index (Phi) is 2.54. The largest absolute Gasteiger partial charge is 0.467 e. The van der Waals surface area contributed by atoms with Crippen molar-refractivity contribution in [2.24, 2.45) is 0 Å². The molecular weight excluding hydrogens is 182 g/mol. The number of hydrogen-bond donors (Lipinski definition) is 1. The van der Waals surface area contributed by atoms with Crippen molar-refractivity contribution < 1.29 is 14.3 Å². The van der Waals surface area contributed by atoms with Crippen molar-refractivity contribution in [1.29, 1.82) is 0 Å². The summed E-state index contributed by atoms with van der Waals surface area (Å²) in [7, 11) is 0. The van der Waals surface area contributed by atoms with Gasteiger partial charge in [0.1, 0.15) is 5.76 Å². The first-order valence-electron chi connectivity index (χ1n) is 4.74. The summed E-state index contributed by atoms with van der Waals surface area (Å²) in [6, 6.07) is 3.59. The molecule has 1 aromatic rings. The number of amides is 1. The van der Waals surface area contributed by atoms with E-state index in [1.54, 1.807) is 17.2 Å². The van der Waals surface area contributed by atoms with E-state index in [9.17, 15) is 4.79 Å². The van der Waals surface area contributed by atoms with Gasteiger partial charge >= 0.3 is 0 Å². The zero-order valence-corrected chi connectivity index (χ0v) is 7.85. The maximum Gasteiger partial charge on any atom is 0.223 e. The highest BCUT2D eigenvalue weighted by molar-refractivity contribution is 5.78. The molecule has 0 aromatic carbocycles. The lowest BCUT2D eigenvalue weighted by molar-refractivity contribution is -0.130. The van der Waals surface area contributed by atoms with E-state index in [0.29, 0.717) is 13.0 Å². The molecule has 14 heavy (non-hydrogen) atoms. The summed E-state index contributed by atoms with van der Waals surface area (Å²) in [6.07, 6.45) is 2.87. The first-order chi connectivity index (χ1) is 6.81. The van der Waals surface area contributed by atoms with E-state index < -0.39 is 0 Å². The van der Waals surface area contributed by atoms with Crippen LogP contribution in [-0.4, -0.2) is 28.6 Å². The summed E-state index contributed by atoms with van der Waals surface area (Å²) >= 11 is 0. The number of furan rings is 1. The van der Waals surface area contributed by atoms with Gasteiger partial charge in [-0.25, -0.2) is 0 Å². The summed E-state index contributed by atoms with van der Waals surface area (Å²) in [6.45, 7) is 0.503. The summed E-state index contributed by atoms with van der Waals surface area (Å²) in [5, 5.41) is 9.06. The monoisotopic (exact) mass is 195 g/mol. The molecule has 76 valence electrons. The molecule has 4 heteroatoms. The van der Waals surface area contributed by atoms with Gasteiger partial charge in [-0.1, -0.05) is 0 Å². The predicted molar refractivity (Wildman–Crippen MR) is 49.4 cm³/mol. The lowest BCUT2D eigenvalue weighted by atomic mass is 10.2. The Hall–Kier alpha value is -1.29. The fraction of sp³-hybridized carbons (Fsp3) is 0.500. The van der Waals surface area contributed by atoms with E-state index in [1.165, 1.54) is 0 Å². The van der Waals surface area contributed by atoms with Crippen molar-refractivity contribution in [2.45, 2.75) is 25.4 Å². The summed E-state index contributed by atoms with van der Waals surface area (Å²) < 4.78 is 5.16. The van der Waals surface area contributed by atoms with E-state index in [0.717, 1.165) is 12.2 Å². The van der Waals surface area contributed by atoms with Gasteiger partial charge in [0.15, 0.2) is 0 Å². The van der Waals surface area contributed by atoms with Crippen LogP contribution < -0.4 is 0 Å². The molecule has 1 amide bonds. The molecule has 0 radical (unpaired) electrons. The molecule has 0 saturated carbocycles. The highest BCUT2D eigenvalue weighted by Crippen LogP contribution is 2.20. The fourth-order valence-corrected chi connectivity index (χ4v) is 1.77. The van der Waals surface area contributed by atoms with Crippen LogP contribution in [0.2, 0.25) is 0 Å². The first kappa shape index (κ1) is 9.27. The van der Waals surface area contributed by atoms with E-state index in [1.807, 2.05) is 6.07 Å². The Labute approximate surface area is 82.1 Å². The molecule has 1 N–H and O–H groups in total. The molecule has 4 nitrogen and oxygen atoms in total. The Bertz CT molecular complexity index is 307. The van der Waals surface area contributed by atoms with Crippen molar-refractivity contribution in [3.63, 3.8) is 0 Å². The number of likely N-dealkylation sites (tertiary alicyclic amines) is 1. The molecule has 1 fully saturated rings. The molecule has 0 spiro atoms. The molecule has 2 rings (SSSR count). The van der Waals surface area contributed by atoms with E-state index in [4.69, 9.17) is 9.52 Å². The maximum absolute atomic E-state index is 11.4. The molecule has 1 aliphatic rings. The number of carbonyl (C=O) groups excluding carboxylic acids is 1. The van der Waals surface area contributed by atoms with E-state index >= 15 is 0 Å². The average molecular weight is 195 g/mol. The first-order valence-corrected chi connectivity index (χ1v) is 4.74. The molecule has 0 aliphatic carbocycles. The van der Waals surface area contributed by atoms with Crippen LogP contribution in [0.1, 0.15) is 18.6 Å². The minimum atomic E-state index is -0.0346. The third kappa shape index (κ3) is 1.65. The van der Waals surface area contributed by atoms with Crippen molar-refractivity contribution in [1.82, 2.24) is 4.90 Å². The Morgan fingerprint density at radius 2 is 2.50 bits per heavy atom. The second-order valence-electron chi connectivity index (χ2n) is 3.48. The Morgan fingerprint density at radius 1 is 1.64 bits per heavy atom. The van der Waals surface area contributed by atoms with Crippen LogP contribution in [0.5, 0.6) is 0 Å². The number of hydrogen-bond acceptors (Lipinski definition) is 3. The lowest BCUT2D eigenvalue weighted by Gasteiger charge is -2.21. The molecule has 1 atom stereocenters. The number of aliphatic hydroxyl groups excluding tert-OH is 1. The topological polar surface area (TPSA) is 53.7 Å². The number of rotatable bonds is 3. The van der Waals surface area contributed by atoms with Crippen LogP contribution in [0.3, 0.4) is 0 Å². The van der Waals surface area contributed by atoms with Crippen molar-refractivity contribution >= 4 is 5.91 Å².